The van der Waals surface area contributed by atoms with Crippen LogP contribution in [0.1, 0.15) is 112 Å². The molecule has 2 amide bonds. The number of rotatable bonds is 13. The van der Waals surface area contributed by atoms with Gasteiger partial charge in [0.05, 0.1) is 40.6 Å². The predicted octanol–water partition coefficient (Wildman–Crippen LogP) is 7.13. The van der Waals surface area contributed by atoms with E-state index < -0.39 is 29.3 Å². The van der Waals surface area contributed by atoms with Gasteiger partial charge in [0.1, 0.15) is 30.5 Å². The SMILES string of the molecule is CC[C@@]1(O)C(=O)OCc2c1cc1n(c2=O)Cc2c-1nc1cc(F)c(C)c3c1c2[C@@H](NC(=O)OCCSSCCN1CCN(Cc2ccc4c(c2)CN(C(=O)c2cc(C(C)C)c(O)cc2O)C4)CC1)CC3. The number of phenols is 2. The fourth-order valence-electron chi connectivity index (χ4n) is 10.9. The van der Waals surface area contributed by atoms with Crippen LogP contribution in [0.5, 0.6) is 11.5 Å². The molecule has 5 aromatic rings. The summed E-state index contributed by atoms with van der Waals surface area (Å²) in [6, 6.07) is 11.8. The van der Waals surface area contributed by atoms with Crippen LogP contribution < -0.4 is 10.9 Å². The van der Waals surface area contributed by atoms with E-state index >= 15 is 4.39 Å². The Balaban J connectivity index is 0.686. The number of piperazine rings is 1. The number of carbonyl (C=O) groups excluding carboxylic acids is 3. The van der Waals surface area contributed by atoms with Crippen LogP contribution in [0.25, 0.3) is 22.3 Å². The number of ether oxygens (including phenoxy) is 2. The minimum Gasteiger partial charge on any atom is -0.508 e. The Kier molecular flexibility index (Phi) is 13.1. The molecule has 4 aliphatic heterocycles. The number of fused-ring (bicyclic) bond motifs is 6. The maximum Gasteiger partial charge on any atom is 0.407 e. The van der Waals surface area contributed by atoms with E-state index in [2.05, 4.69) is 33.3 Å². The summed E-state index contributed by atoms with van der Waals surface area (Å²) in [5, 5.41) is 36.0. The molecule has 3 aromatic carbocycles. The molecule has 5 aliphatic rings. The lowest BCUT2D eigenvalue weighted by atomic mass is 9.81. The van der Waals surface area contributed by atoms with Gasteiger partial charge in [0, 0.05) is 92.5 Å². The van der Waals surface area contributed by atoms with Crippen molar-refractivity contribution in [1.29, 1.82) is 0 Å². The lowest BCUT2D eigenvalue weighted by Crippen LogP contribution is -2.46. The monoisotopic (exact) mass is 992 g/mol. The number of aromatic hydroxyl groups is 2. The van der Waals surface area contributed by atoms with Crippen LogP contribution >= 0.6 is 21.6 Å². The molecule has 1 fully saturated rings. The first-order valence-corrected chi connectivity index (χ1v) is 26.5. The summed E-state index contributed by atoms with van der Waals surface area (Å²) in [7, 11) is 3.41. The number of cyclic esters (lactones) is 1. The maximum absolute atomic E-state index is 15.3. The van der Waals surface area contributed by atoms with Gasteiger partial charge in [-0.1, -0.05) is 60.6 Å². The summed E-state index contributed by atoms with van der Waals surface area (Å²) in [5.74, 6) is -0.136. The van der Waals surface area contributed by atoms with Crippen LogP contribution in [0.2, 0.25) is 0 Å². The summed E-state index contributed by atoms with van der Waals surface area (Å²) in [5.41, 5.74) is 6.39. The first-order valence-electron chi connectivity index (χ1n) is 24.0. The van der Waals surface area contributed by atoms with Crippen molar-refractivity contribution in [3.63, 3.8) is 0 Å². The molecule has 15 nitrogen and oxygen atoms in total. The number of aromatic nitrogens is 2. The van der Waals surface area contributed by atoms with E-state index in [-0.39, 0.29) is 72.0 Å². The van der Waals surface area contributed by atoms with E-state index in [4.69, 9.17) is 14.5 Å². The number of nitrogens with zero attached hydrogens (tertiary/aromatic N) is 5. The number of pyridine rings is 2. The van der Waals surface area contributed by atoms with Gasteiger partial charge in [-0.25, -0.2) is 19.0 Å². The van der Waals surface area contributed by atoms with E-state index in [1.807, 2.05) is 13.8 Å². The molecule has 2 aromatic heterocycles. The zero-order valence-corrected chi connectivity index (χ0v) is 41.4. The average molecular weight is 993 g/mol. The van der Waals surface area contributed by atoms with Crippen LogP contribution in [0.4, 0.5) is 9.18 Å². The van der Waals surface area contributed by atoms with Gasteiger partial charge in [-0.05, 0) is 83.2 Å². The molecule has 0 radical (unpaired) electrons. The van der Waals surface area contributed by atoms with Crippen molar-refractivity contribution in [2.45, 2.75) is 97.3 Å². The quantitative estimate of drug-likeness (QED) is 0.0520. The van der Waals surface area contributed by atoms with Crippen LogP contribution in [0.15, 0.2) is 47.3 Å². The van der Waals surface area contributed by atoms with Gasteiger partial charge >= 0.3 is 12.1 Å². The number of benzene rings is 3. The third kappa shape index (κ3) is 8.68. The molecule has 1 aliphatic carbocycles. The van der Waals surface area contributed by atoms with Gasteiger partial charge in [0.15, 0.2) is 5.60 Å². The number of esters is 1. The van der Waals surface area contributed by atoms with Crippen LogP contribution in [0, 0.1) is 12.7 Å². The van der Waals surface area contributed by atoms with Crippen molar-refractivity contribution in [3.8, 4) is 22.9 Å². The second-order valence-corrected chi connectivity index (χ2v) is 22.0. The smallest absolute Gasteiger partial charge is 0.407 e. The van der Waals surface area contributed by atoms with Crippen LogP contribution in [-0.4, -0.2) is 108 Å². The normalized spacial score (nSPS) is 19.5. The first kappa shape index (κ1) is 48.0. The third-order valence-corrected chi connectivity index (χ3v) is 17.1. The molecule has 6 heterocycles. The lowest BCUT2D eigenvalue weighted by Gasteiger charge is -2.34. The number of amides is 2. The van der Waals surface area contributed by atoms with E-state index in [9.17, 15) is 34.5 Å². The van der Waals surface area contributed by atoms with Crippen molar-refractivity contribution in [2.24, 2.45) is 0 Å². The lowest BCUT2D eigenvalue weighted by molar-refractivity contribution is -0.172. The zero-order valence-electron chi connectivity index (χ0n) is 39.7. The van der Waals surface area contributed by atoms with Crippen molar-refractivity contribution < 1.29 is 43.6 Å². The Morgan fingerprint density at radius 2 is 1.71 bits per heavy atom. The molecule has 18 heteroatoms. The Bertz CT molecular complexity index is 3030. The number of hydrogen-bond acceptors (Lipinski definition) is 14. The standard InChI is InChI=1S/C52H57FN6O9S2/c1-5-52(66)38-20-42-47-36(26-59(42)49(63)37(38)27-68-50(52)64)46-40(9-8-33-29(4)39(53)21-41(54-47)45(33)46)55-51(65)67-15-17-70-69-16-14-56-10-12-57(13-11-56)23-30-6-7-31-24-58(25-32(31)18-30)48(62)35-19-34(28(2)3)43(60)22-44(35)61/h6-7,18-22,28,40,60-61,66H,5,8-17,23-27H2,1-4H3,(H,55,65)/t40-,52-/m0/s1. The molecule has 4 N–H and O–H groups in total. The number of nitrogens with one attached hydrogen (secondary N) is 1. The van der Waals surface area contributed by atoms with Gasteiger partial charge in [0.25, 0.3) is 11.5 Å². The molecule has 368 valence electrons. The van der Waals surface area contributed by atoms with E-state index in [0.717, 1.165) is 78.2 Å². The van der Waals surface area contributed by atoms with E-state index in [1.165, 1.54) is 17.7 Å². The highest BCUT2D eigenvalue weighted by atomic mass is 33.1. The summed E-state index contributed by atoms with van der Waals surface area (Å²) in [6.07, 6.45) is 0.447. The van der Waals surface area contributed by atoms with Crippen molar-refractivity contribution in [3.05, 3.63) is 120 Å². The van der Waals surface area contributed by atoms with Gasteiger partial charge in [0.2, 0.25) is 0 Å². The highest BCUT2D eigenvalue weighted by Crippen LogP contribution is 2.46. The van der Waals surface area contributed by atoms with Gasteiger partial charge in [-0.2, -0.15) is 0 Å². The zero-order chi connectivity index (χ0) is 49.2. The van der Waals surface area contributed by atoms with Crippen LogP contribution in [0.3, 0.4) is 0 Å². The largest absolute Gasteiger partial charge is 0.508 e. The Morgan fingerprint density at radius 3 is 2.49 bits per heavy atom. The highest BCUT2D eigenvalue weighted by Gasteiger charge is 2.46. The molecule has 1 saturated heterocycles. The summed E-state index contributed by atoms with van der Waals surface area (Å²) in [6.45, 7) is 13.9. The second-order valence-electron chi connectivity index (χ2n) is 19.3. The fourth-order valence-corrected chi connectivity index (χ4v) is 12.7. The van der Waals surface area contributed by atoms with Crippen molar-refractivity contribution >= 4 is 50.5 Å². The second kappa shape index (κ2) is 19.2. The average Bonchev–Trinajstić information content (AvgIpc) is 3.94. The van der Waals surface area contributed by atoms with E-state index in [1.54, 1.807) is 57.0 Å². The fraction of sp³-hybridized carbons (Fsp3) is 0.442. The molecular weight excluding hydrogens is 936 g/mol. The number of aryl methyl sites for hydroxylation is 1. The topological polar surface area (TPSA) is 187 Å². The van der Waals surface area contributed by atoms with Gasteiger partial charge < -0.3 is 39.6 Å². The predicted molar refractivity (Wildman–Crippen MR) is 265 cm³/mol. The maximum atomic E-state index is 15.3. The number of alkyl carbamates (subject to hydrolysis) is 1. The molecule has 70 heavy (non-hydrogen) atoms. The molecular formula is C52H57FN6O9S2. The Labute approximate surface area is 412 Å². The summed E-state index contributed by atoms with van der Waals surface area (Å²) in [4.78, 5) is 65.1. The Hall–Kier alpha value is -5.66. The van der Waals surface area contributed by atoms with E-state index in [0.29, 0.717) is 59.7 Å². The van der Waals surface area contributed by atoms with Crippen molar-refractivity contribution in [1.82, 2.24) is 29.6 Å². The molecule has 0 bridgehead atoms. The number of hydrogen-bond donors (Lipinski definition) is 4. The minimum atomic E-state index is -1.98. The van der Waals surface area contributed by atoms with Gasteiger partial charge in [-0.3, -0.25) is 19.4 Å². The molecule has 0 spiro atoms. The molecule has 0 saturated carbocycles. The number of carbonyl (C=O) groups is 3. The number of aliphatic hydroxyl groups is 1. The minimum absolute atomic E-state index is 0.00515. The molecule has 0 unspecified atom stereocenters. The third-order valence-electron chi connectivity index (χ3n) is 14.8. The molecule has 10 rings (SSSR count). The Morgan fingerprint density at radius 1 is 0.957 bits per heavy atom. The van der Waals surface area contributed by atoms with Gasteiger partial charge in [-0.15, -0.1) is 0 Å². The number of phenolic OH excluding ortho intramolecular Hbond substituents is 2. The summed E-state index contributed by atoms with van der Waals surface area (Å²) < 4.78 is 27.8. The highest BCUT2D eigenvalue weighted by molar-refractivity contribution is 8.76. The summed E-state index contributed by atoms with van der Waals surface area (Å²) >= 11 is 0. The van der Waals surface area contributed by atoms with Crippen molar-refractivity contribution in [2.75, 3.05) is 50.8 Å². The number of halogens is 1. The van der Waals surface area contributed by atoms with Crippen LogP contribution in [-0.2, 0) is 59.1 Å². The first-order chi connectivity index (χ1) is 33.6. The molecule has 2 atom stereocenters.